The molecule has 1 aromatic heterocycles. The van der Waals surface area contributed by atoms with Crippen molar-refractivity contribution in [2.45, 2.75) is 19.3 Å². The Bertz CT molecular complexity index is 332. The van der Waals surface area contributed by atoms with E-state index >= 15 is 0 Å². The number of anilines is 1. The van der Waals surface area contributed by atoms with Crippen LogP contribution >= 0.6 is 0 Å². The molecule has 1 atom stereocenters. The molecule has 88 valence electrons. The fourth-order valence-corrected chi connectivity index (χ4v) is 2.25. The molecule has 0 aliphatic carbocycles. The van der Waals surface area contributed by atoms with Gasteiger partial charge >= 0.3 is 0 Å². The second-order valence-electron chi connectivity index (χ2n) is 4.64. The number of aromatic nitrogens is 2. The van der Waals surface area contributed by atoms with Gasteiger partial charge in [-0.25, -0.2) is 4.98 Å². The van der Waals surface area contributed by atoms with Crippen molar-refractivity contribution in [3.8, 4) is 0 Å². The second-order valence-corrected chi connectivity index (χ2v) is 4.64. The lowest BCUT2D eigenvalue weighted by molar-refractivity contribution is 0.373. The van der Waals surface area contributed by atoms with Gasteiger partial charge in [0.15, 0.2) is 0 Å². The van der Waals surface area contributed by atoms with Gasteiger partial charge in [-0.05, 0) is 38.3 Å². The van der Waals surface area contributed by atoms with E-state index in [1.54, 1.807) is 12.4 Å². The predicted molar refractivity (Wildman–Crippen MR) is 65.7 cm³/mol. The third-order valence-corrected chi connectivity index (χ3v) is 3.06. The summed E-state index contributed by atoms with van der Waals surface area (Å²) in [6, 6.07) is 0. The average molecular weight is 220 g/mol. The van der Waals surface area contributed by atoms with Gasteiger partial charge in [-0.2, -0.15) is 0 Å². The summed E-state index contributed by atoms with van der Waals surface area (Å²) in [6.07, 6.45) is 7.17. The summed E-state index contributed by atoms with van der Waals surface area (Å²) in [6.45, 7) is 2.28. The number of hydrogen-bond donors (Lipinski definition) is 1. The standard InChI is InChI=1S/C12H20N4/c1-16(2)12-11(14-6-7-15-12)8-10-4-3-5-13-9-10/h6-7,10,13H,3-5,8-9H2,1-2H3. The van der Waals surface area contributed by atoms with Gasteiger partial charge in [0.25, 0.3) is 0 Å². The Morgan fingerprint density at radius 1 is 1.38 bits per heavy atom. The highest BCUT2D eigenvalue weighted by Gasteiger charge is 2.17. The minimum atomic E-state index is 0.712. The molecule has 2 heterocycles. The zero-order chi connectivity index (χ0) is 11.4. The molecule has 16 heavy (non-hydrogen) atoms. The molecule has 1 N–H and O–H groups in total. The first kappa shape index (κ1) is 11.3. The van der Waals surface area contributed by atoms with Crippen LogP contribution in [0.2, 0.25) is 0 Å². The zero-order valence-corrected chi connectivity index (χ0v) is 10.1. The molecule has 4 heteroatoms. The van der Waals surface area contributed by atoms with Crippen molar-refractivity contribution >= 4 is 5.82 Å². The van der Waals surface area contributed by atoms with Gasteiger partial charge in [0.1, 0.15) is 5.82 Å². The predicted octanol–water partition coefficient (Wildman–Crippen LogP) is 1.08. The van der Waals surface area contributed by atoms with Crippen molar-refractivity contribution in [2.24, 2.45) is 5.92 Å². The first-order valence-corrected chi connectivity index (χ1v) is 5.95. The van der Waals surface area contributed by atoms with Crippen LogP contribution in [0.15, 0.2) is 12.4 Å². The van der Waals surface area contributed by atoms with Crippen LogP contribution in [-0.2, 0) is 6.42 Å². The highest BCUT2D eigenvalue weighted by Crippen LogP contribution is 2.20. The van der Waals surface area contributed by atoms with E-state index in [4.69, 9.17) is 0 Å². The van der Waals surface area contributed by atoms with E-state index in [0.29, 0.717) is 5.92 Å². The van der Waals surface area contributed by atoms with Crippen LogP contribution in [0.4, 0.5) is 5.82 Å². The molecule has 1 fully saturated rings. The molecule has 0 saturated carbocycles. The molecule has 1 unspecified atom stereocenters. The molecule has 2 rings (SSSR count). The van der Waals surface area contributed by atoms with Gasteiger partial charge in [0.05, 0.1) is 5.69 Å². The number of nitrogens with one attached hydrogen (secondary N) is 1. The lowest BCUT2D eigenvalue weighted by atomic mass is 9.94. The molecule has 0 amide bonds. The Morgan fingerprint density at radius 3 is 2.88 bits per heavy atom. The maximum absolute atomic E-state index is 4.46. The molecule has 1 saturated heterocycles. The van der Waals surface area contributed by atoms with Crippen LogP contribution in [0.5, 0.6) is 0 Å². The van der Waals surface area contributed by atoms with Crippen LogP contribution in [0, 0.1) is 5.92 Å². The molecule has 0 aromatic carbocycles. The summed E-state index contributed by atoms with van der Waals surface area (Å²) in [5, 5.41) is 3.44. The fourth-order valence-electron chi connectivity index (χ4n) is 2.25. The number of nitrogens with zero attached hydrogens (tertiary/aromatic N) is 3. The monoisotopic (exact) mass is 220 g/mol. The topological polar surface area (TPSA) is 41.1 Å². The molecule has 0 radical (unpaired) electrons. The molecule has 0 bridgehead atoms. The highest BCUT2D eigenvalue weighted by atomic mass is 15.1. The SMILES string of the molecule is CN(C)c1nccnc1CC1CCCNC1. The normalized spacial score (nSPS) is 20.8. The van der Waals surface area contributed by atoms with E-state index in [9.17, 15) is 0 Å². The summed E-state index contributed by atoms with van der Waals surface area (Å²) < 4.78 is 0. The van der Waals surface area contributed by atoms with Gasteiger partial charge in [-0.1, -0.05) is 0 Å². The maximum atomic E-state index is 4.46. The molecule has 4 nitrogen and oxygen atoms in total. The van der Waals surface area contributed by atoms with Crippen molar-refractivity contribution in [2.75, 3.05) is 32.1 Å². The van der Waals surface area contributed by atoms with Gasteiger partial charge < -0.3 is 10.2 Å². The van der Waals surface area contributed by atoms with E-state index in [2.05, 4.69) is 15.3 Å². The summed E-state index contributed by atoms with van der Waals surface area (Å²) in [5.74, 6) is 1.72. The van der Waals surface area contributed by atoms with Crippen LogP contribution in [0.25, 0.3) is 0 Å². The summed E-state index contributed by atoms with van der Waals surface area (Å²) >= 11 is 0. The first-order valence-electron chi connectivity index (χ1n) is 5.95. The van der Waals surface area contributed by atoms with E-state index in [1.165, 1.54) is 12.8 Å². The number of rotatable bonds is 3. The summed E-state index contributed by atoms with van der Waals surface area (Å²) in [7, 11) is 4.04. The van der Waals surface area contributed by atoms with Crippen LogP contribution in [-0.4, -0.2) is 37.2 Å². The Kier molecular flexibility index (Phi) is 3.72. The zero-order valence-electron chi connectivity index (χ0n) is 10.1. The Labute approximate surface area is 97.1 Å². The quantitative estimate of drug-likeness (QED) is 0.827. The molecular formula is C12H20N4. The smallest absolute Gasteiger partial charge is 0.149 e. The molecule has 0 spiro atoms. The lowest BCUT2D eigenvalue weighted by Crippen LogP contribution is -2.31. The first-order chi connectivity index (χ1) is 7.77. The van der Waals surface area contributed by atoms with Crippen molar-refractivity contribution in [1.82, 2.24) is 15.3 Å². The Balaban J connectivity index is 2.07. The number of piperidine rings is 1. The fraction of sp³-hybridized carbons (Fsp3) is 0.667. The van der Waals surface area contributed by atoms with Crippen LogP contribution in [0.1, 0.15) is 18.5 Å². The van der Waals surface area contributed by atoms with Crippen molar-refractivity contribution < 1.29 is 0 Å². The minimum absolute atomic E-state index is 0.712. The summed E-state index contributed by atoms with van der Waals surface area (Å²) in [5.41, 5.74) is 1.13. The molecule has 1 aromatic rings. The van der Waals surface area contributed by atoms with Gasteiger partial charge in [0, 0.05) is 26.5 Å². The van der Waals surface area contributed by atoms with Gasteiger partial charge in [-0.3, -0.25) is 4.98 Å². The van der Waals surface area contributed by atoms with Crippen molar-refractivity contribution in [3.05, 3.63) is 18.1 Å². The second kappa shape index (κ2) is 5.25. The maximum Gasteiger partial charge on any atom is 0.149 e. The Hall–Kier alpha value is -1.16. The summed E-state index contributed by atoms with van der Waals surface area (Å²) in [4.78, 5) is 10.9. The highest BCUT2D eigenvalue weighted by molar-refractivity contribution is 5.41. The third-order valence-electron chi connectivity index (χ3n) is 3.06. The van der Waals surface area contributed by atoms with E-state index in [0.717, 1.165) is 31.0 Å². The van der Waals surface area contributed by atoms with Crippen LogP contribution in [0.3, 0.4) is 0 Å². The molecule has 1 aliphatic heterocycles. The van der Waals surface area contributed by atoms with E-state index < -0.39 is 0 Å². The Morgan fingerprint density at radius 2 is 2.19 bits per heavy atom. The molecule has 1 aliphatic rings. The van der Waals surface area contributed by atoms with E-state index in [-0.39, 0.29) is 0 Å². The third kappa shape index (κ3) is 2.70. The van der Waals surface area contributed by atoms with Crippen molar-refractivity contribution in [1.29, 1.82) is 0 Å². The van der Waals surface area contributed by atoms with E-state index in [1.807, 2.05) is 19.0 Å². The van der Waals surface area contributed by atoms with Crippen molar-refractivity contribution in [3.63, 3.8) is 0 Å². The van der Waals surface area contributed by atoms with Gasteiger partial charge in [-0.15, -0.1) is 0 Å². The largest absolute Gasteiger partial charge is 0.361 e. The average Bonchev–Trinajstić information content (AvgIpc) is 2.31. The van der Waals surface area contributed by atoms with Gasteiger partial charge in [0.2, 0.25) is 0 Å². The number of hydrogen-bond acceptors (Lipinski definition) is 4. The molecular weight excluding hydrogens is 200 g/mol. The van der Waals surface area contributed by atoms with Crippen LogP contribution < -0.4 is 10.2 Å². The lowest BCUT2D eigenvalue weighted by Gasteiger charge is -2.24. The minimum Gasteiger partial charge on any atom is -0.361 e.